The Labute approximate surface area is 119 Å². The average molecular weight is 298 g/mol. The number of rotatable bonds is 6. The van der Waals surface area contributed by atoms with Crippen molar-refractivity contribution >= 4 is 29.1 Å². The average Bonchev–Trinajstić information content (AvgIpc) is 2.98. The van der Waals surface area contributed by atoms with E-state index in [1.807, 2.05) is 31.4 Å². The Hall–Kier alpha value is -1.41. The normalized spacial score (nSPS) is 10.9. The molecule has 0 unspecified atom stereocenters. The van der Waals surface area contributed by atoms with Gasteiger partial charge in [-0.05, 0) is 35.7 Å². The molecule has 0 radical (unpaired) electrons. The van der Waals surface area contributed by atoms with Crippen LogP contribution in [0.3, 0.4) is 0 Å². The number of tetrazole rings is 1. The number of nitrogens with zero attached hydrogens (tertiary/aromatic N) is 4. The van der Waals surface area contributed by atoms with Crippen molar-refractivity contribution in [3.05, 3.63) is 22.4 Å². The summed E-state index contributed by atoms with van der Waals surface area (Å²) in [5.41, 5.74) is 0. The summed E-state index contributed by atoms with van der Waals surface area (Å²) in [7, 11) is 0. The van der Waals surface area contributed by atoms with Crippen molar-refractivity contribution in [2.45, 2.75) is 31.7 Å². The van der Waals surface area contributed by atoms with Gasteiger partial charge in [-0.1, -0.05) is 17.8 Å². The molecule has 0 bridgehead atoms. The smallest absolute Gasteiger partial charge is 0.316 e. The van der Waals surface area contributed by atoms with Crippen LogP contribution in [0, 0.1) is 0 Å². The van der Waals surface area contributed by atoms with Gasteiger partial charge in [0.05, 0.1) is 18.4 Å². The standard InChI is InChI=1S/C11H14N4O2S2/c1-8(2)17-10(16)7-19-11-12-13-14-15(11)6-9-4-3-5-18-9/h3-5,8H,6-7H2,1-2H3. The van der Waals surface area contributed by atoms with E-state index >= 15 is 0 Å². The van der Waals surface area contributed by atoms with Crippen LogP contribution in [0.25, 0.3) is 0 Å². The predicted molar refractivity (Wildman–Crippen MR) is 73.2 cm³/mol. The van der Waals surface area contributed by atoms with Gasteiger partial charge in [0, 0.05) is 4.88 Å². The molecular formula is C11H14N4O2S2. The number of carbonyl (C=O) groups excluding carboxylic acids is 1. The third-order valence-electron chi connectivity index (χ3n) is 2.07. The molecule has 0 amide bonds. The number of esters is 1. The fraction of sp³-hybridized carbons (Fsp3) is 0.455. The highest BCUT2D eigenvalue weighted by molar-refractivity contribution is 7.99. The Kier molecular flexibility index (Phi) is 4.92. The monoisotopic (exact) mass is 298 g/mol. The lowest BCUT2D eigenvalue weighted by atomic mass is 10.5. The first kappa shape index (κ1) is 14.0. The molecule has 6 nitrogen and oxygen atoms in total. The predicted octanol–water partition coefficient (Wildman–Crippen LogP) is 1.83. The second kappa shape index (κ2) is 6.67. The van der Waals surface area contributed by atoms with E-state index in [1.165, 1.54) is 16.6 Å². The lowest BCUT2D eigenvalue weighted by Crippen LogP contribution is -2.14. The van der Waals surface area contributed by atoms with Crippen molar-refractivity contribution in [3.63, 3.8) is 0 Å². The van der Waals surface area contributed by atoms with E-state index in [9.17, 15) is 4.79 Å². The maximum Gasteiger partial charge on any atom is 0.316 e. The topological polar surface area (TPSA) is 69.9 Å². The molecule has 0 aliphatic heterocycles. The van der Waals surface area contributed by atoms with Crippen LogP contribution in [0.1, 0.15) is 18.7 Å². The Morgan fingerprint density at radius 3 is 3.11 bits per heavy atom. The lowest BCUT2D eigenvalue weighted by molar-refractivity contribution is -0.144. The Morgan fingerprint density at radius 2 is 2.42 bits per heavy atom. The van der Waals surface area contributed by atoms with Gasteiger partial charge >= 0.3 is 5.97 Å². The minimum atomic E-state index is -0.259. The minimum Gasteiger partial charge on any atom is -0.462 e. The van der Waals surface area contributed by atoms with Crippen molar-refractivity contribution in [3.8, 4) is 0 Å². The summed E-state index contributed by atoms with van der Waals surface area (Å²) in [6, 6.07) is 4.00. The number of thiophene rings is 1. The molecule has 0 N–H and O–H groups in total. The van der Waals surface area contributed by atoms with E-state index in [4.69, 9.17) is 4.74 Å². The number of thioether (sulfide) groups is 1. The van der Waals surface area contributed by atoms with E-state index in [-0.39, 0.29) is 17.8 Å². The third-order valence-corrected chi connectivity index (χ3v) is 3.86. The maximum atomic E-state index is 11.5. The van der Waals surface area contributed by atoms with Crippen molar-refractivity contribution < 1.29 is 9.53 Å². The molecule has 19 heavy (non-hydrogen) atoms. The molecule has 2 aromatic rings. The summed E-state index contributed by atoms with van der Waals surface area (Å²) in [6.07, 6.45) is -0.102. The molecule has 102 valence electrons. The van der Waals surface area contributed by atoms with Crippen LogP contribution in [0.4, 0.5) is 0 Å². The third kappa shape index (κ3) is 4.32. The molecule has 0 aromatic carbocycles. The van der Waals surface area contributed by atoms with E-state index < -0.39 is 0 Å². The van der Waals surface area contributed by atoms with Gasteiger partial charge in [-0.2, -0.15) is 0 Å². The number of ether oxygens (including phenoxy) is 1. The second-order valence-electron chi connectivity index (χ2n) is 4.03. The van der Waals surface area contributed by atoms with E-state index in [0.29, 0.717) is 11.7 Å². The zero-order valence-corrected chi connectivity index (χ0v) is 12.3. The van der Waals surface area contributed by atoms with Gasteiger partial charge in [0.2, 0.25) is 5.16 Å². The van der Waals surface area contributed by atoms with Crippen LogP contribution in [0.2, 0.25) is 0 Å². The van der Waals surface area contributed by atoms with Crippen LogP contribution in [-0.4, -0.2) is 38.0 Å². The maximum absolute atomic E-state index is 11.5. The molecule has 8 heteroatoms. The van der Waals surface area contributed by atoms with Crippen molar-refractivity contribution in [1.29, 1.82) is 0 Å². The molecule has 0 atom stereocenters. The Morgan fingerprint density at radius 1 is 1.58 bits per heavy atom. The van der Waals surface area contributed by atoms with Gasteiger partial charge < -0.3 is 4.74 Å². The van der Waals surface area contributed by atoms with Crippen LogP contribution >= 0.6 is 23.1 Å². The van der Waals surface area contributed by atoms with Crippen molar-refractivity contribution in [2.75, 3.05) is 5.75 Å². The molecule has 0 aliphatic rings. The van der Waals surface area contributed by atoms with E-state index in [1.54, 1.807) is 16.0 Å². The summed E-state index contributed by atoms with van der Waals surface area (Å²) in [5, 5.41) is 14.1. The van der Waals surface area contributed by atoms with Crippen LogP contribution in [0.15, 0.2) is 22.7 Å². The SMILES string of the molecule is CC(C)OC(=O)CSc1nnnn1Cc1cccs1. The zero-order chi connectivity index (χ0) is 13.7. The fourth-order valence-electron chi connectivity index (χ4n) is 1.37. The van der Waals surface area contributed by atoms with E-state index in [0.717, 1.165) is 0 Å². The Bertz CT molecular complexity index is 525. The highest BCUT2D eigenvalue weighted by atomic mass is 32.2. The van der Waals surface area contributed by atoms with Crippen LogP contribution in [0.5, 0.6) is 0 Å². The van der Waals surface area contributed by atoms with E-state index in [2.05, 4.69) is 15.5 Å². The molecule has 2 aromatic heterocycles. The number of hydrogen-bond acceptors (Lipinski definition) is 7. The quantitative estimate of drug-likeness (QED) is 0.598. The van der Waals surface area contributed by atoms with Gasteiger partial charge in [-0.25, -0.2) is 4.68 Å². The van der Waals surface area contributed by atoms with Gasteiger partial charge in [0.25, 0.3) is 0 Å². The van der Waals surface area contributed by atoms with Crippen LogP contribution < -0.4 is 0 Å². The van der Waals surface area contributed by atoms with Crippen molar-refractivity contribution in [1.82, 2.24) is 20.2 Å². The first-order valence-corrected chi connectivity index (χ1v) is 7.62. The Balaban J connectivity index is 1.91. The summed E-state index contributed by atoms with van der Waals surface area (Å²) in [5.74, 6) is -0.0473. The van der Waals surface area contributed by atoms with Gasteiger partial charge in [-0.15, -0.1) is 16.4 Å². The summed E-state index contributed by atoms with van der Waals surface area (Å²) < 4.78 is 6.74. The highest BCUT2D eigenvalue weighted by Crippen LogP contribution is 2.17. The first-order chi connectivity index (χ1) is 9.15. The zero-order valence-electron chi connectivity index (χ0n) is 10.6. The van der Waals surface area contributed by atoms with Gasteiger partial charge in [0.1, 0.15) is 0 Å². The first-order valence-electron chi connectivity index (χ1n) is 5.76. The highest BCUT2D eigenvalue weighted by Gasteiger charge is 2.12. The summed E-state index contributed by atoms with van der Waals surface area (Å²) in [6.45, 7) is 4.26. The van der Waals surface area contributed by atoms with Crippen molar-refractivity contribution in [2.24, 2.45) is 0 Å². The molecule has 0 fully saturated rings. The molecule has 0 saturated carbocycles. The molecule has 2 heterocycles. The number of carbonyl (C=O) groups is 1. The van der Waals surface area contributed by atoms with Gasteiger partial charge in [-0.3, -0.25) is 4.79 Å². The van der Waals surface area contributed by atoms with Gasteiger partial charge in [0.15, 0.2) is 0 Å². The lowest BCUT2D eigenvalue weighted by Gasteiger charge is -2.07. The molecule has 0 saturated heterocycles. The fourth-order valence-corrected chi connectivity index (χ4v) is 2.71. The molecule has 2 rings (SSSR count). The second-order valence-corrected chi connectivity index (χ2v) is 6.00. The molecule has 0 aliphatic carbocycles. The summed E-state index contributed by atoms with van der Waals surface area (Å²) in [4.78, 5) is 12.6. The largest absolute Gasteiger partial charge is 0.462 e. The minimum absolute atomic E-state index is 0.102. The summed E-state index contributed by atoms with van der Waals surface area (Å²) >= 11 is 2.93. The van der Waals surface area contributed by atoms with Crippen LogP contribution in [-0.2, 0) is 16.1 Å². The number of hydrogen-bond donors (Lipinski definition) is 0. The molecule has 0 spiro atoms. The number of aromatic nitrogens is 4. The molecular weight excluding hydrogens is 284 g/mol.